The van der Waals surface area contributed by atoms with Crippen LogP contribution in [0.25, 0.3) is 0 Å². The third-order valence-electron chi connectivity index (χ3n) is 4.10. The molecule has 1 aromatic rings. The summed E-state index contributed by atoms with van der Waals surface area (Å²) in [6.07, 6.45) is 4.12. The topological polar surface area (TPSA) is 66.4 Å². The predicted molar refractivity (Wildman–Crippen MR) is 83.8 cm³/mol. The molecule has 0 spiro atoms. The van der Waals surface area contributed by atoms with Crippen molar-refractivity contribution < 1.29 is 14.7 Å². The van der Waals surface area contributed by atoms with Gasteiger partial charge in [0.1, 0.15) is 0 Å². The van der Waals surface area contributed by atoms with Crippen LogP contribution in [-0.4, -0.2) is 17.0 Å². The van der Waals surface area contributed by atoms with Crippen LogP contribution in [0.15, 0.2) is 28.7 Å². The largest absolute Gasteiger partial charge is 0.481 e. The number of hydrogen-bond donors (Lipinski definition) is 2. The Morgan fingerprint density at radius 1 is 1.24 bits per heavy atom. The lowest BCUT2D eigenvalue weighted by atomic mass is 9.79. The van der Waals surface area contributed by atoms with Crippen molar-refractivity contribution in [3.63, 3.8) is 0 Å². The minimum absolute atomic E-state index is 0.0573. The zero-order valence-corrected chi connectivity index (χ0v) is 13.5. The number of rotatable bonds is 6. The van der Waals surface area contributed by atoms with Gasteiger partial charge in [-0.1, -0.05) is 40.9 Å². The zero-order valence-electron chi connectivity index (χ0n) is 11.9. The molecule has 0 unspecified atom stereocenters. The summed E-state index contributed by atoms with van der Waals surface area (Å²) in [4.78, 5) is 23.2. The molecule has 4 nitrogen and oxygen atoms in total. The number of carbonyl (C=O) groups excluding carboxylic acids is 1. The van der Waals surface area contributed by atoms with E-state index in [1.165, 1.54) is 0 Å². The summed E-state index contributed by atoms with van der Waals surface area (Å²) in [5, 5.41) is 12.0. The van der Waals surface area contributed by atoms with E-state index in [4.69, 9.17) is 5.11 Å². The number of aliphatic carboxylic acids is 1. The van der Waals surface area contributed by atoms with Gasteiger partial charge < -0.3 is 10.4 Å². The molecule has 0 bridgehead atoms. The molecule has 21 heavy (non-hydrogen) atoms. The summed E-state index contributed by atoms with van der Waals surface area (Å²) < 4.78 is 0.979. The SMILES string of the molecule is O=C(O)CC1(CC(=O)NCc2cccc(Br)c2)CCCC1. The van der Waals surface area contributed by atoms with Gasteiger partial charge in [0.05, 0.1) is 6.42 Å². The van der Waals surface area contributed by atoms with E-state index in [1.807, 2.05) is 24.3 Å². The highest BCUT2D eigenvalue weighted by molar-refractivity contribution is 9.10. The highest BCUT2D eigenvalue weighted by Gasteiger charge is 2.37. The Balaban J connectivity index is 1.89. The maximum absolute atomic E-state index is 12.1. The number of hydrogen-bond acceptors (Lipinski definition) is 2. The molecule has 114 valence electrons. The predicted octanol–water partition coefficient (Wildman–Crippen LogP) is 3.49. The molecule has 5 heteroatoms. The minimum Gasteiger partial charge on any atom is -0.481 e. The third kappa shape index (κ3) is 4.84. The standard InChI is InChI=1S/C16H20BrNO3/c17-13-5-3-4-12(8-13)11-18-14(19)9-16(10-15(20)21)6-1-2-7-16/h3-5,8H,1-2,6-7,9-11H2,(H,18,19)(H,20,21). The molecule has 0 atom stereocenters. The molecule has 1 saturated carbocycles. The van der Waals surface area contributed by atoms with Crippen LogP contribution < -0.4 is 5.32 Å². The number of nitrogens with one attached hydrogen (secondary N) is 1. The number of carboxylic acids is 1. The summed E-state index contributed by atoms with van der Waals surface area (Å²) >= 11 is 3.40. The van der Waals surface area contributed by atoms with E-state index in [0.717, 1.165) is 35.7 Å². The first-order valence-corrected chi connectivity index (χ1v) is 8.01. The maximum Gasteiger partial charge on any atom is 0.303 e. The van der Waals surface area contributed by atoms with Crippen molar-refractivity contribution in [1.82, 2.24) is 5.32 Å². The average molecular weight is 354 g/mol. The minimum atomic E-state index is -0.809. The molecule has 1 aliphatic rings. The molecule has 1 amide bonds. The second-order valence-corrected chi connectivity index (χ2v) is 6.78. The fourth-order valence-electron chi connectivity index (χ4n) is 3.11. The van der Waals surface area contributed by atoms with E-state index < -0.39 is 5.97 Å². The first-order valence-electron chi connectivity index (χ1n) is 7.22. The molecule has 0 saturated heterocycles. The number of amides is 1. The second kappa shape index (κ2) is 7.07. The molecule has 0 aliphatic heterocycles. The quantitative estimate of drug-likeness (QED) is 0.822. The van der Waals surface area contributed by atoms with Crippen LogP contribution in [-0.2, 0) is 16.1 Å². The van der Waals surface area contributed by atoms with Gasteiger partial charge in [-0.3, -0.25) is 9.59 Å². The Morgan fingerprint density at radius 2 is 1.95 bits per heavy atom. The van der Waals surface area contributed by atoms with Gasteiger partial charge in [-0.15, -0.1) is 0 Å². The lowest BCUT2D eigenvalue weighted by molar-refractivity contribution is -0.140. The van der Waals surface area contributed by atoms with E-state index in [9.17, 15) is 9.59 Å². The number of carboxylic acid groups (broad SMARTS) is 1. The maximum atomic E-state index is 12.1. The molecular weight excluding hydrogens is 334 g/mol. The number of halogens is 1. The van der Waals surface area contributed by atoms with Crippen molar-refractivity contribution >= 4 is 27.8 Å². The van der Waals surface area contributed by atoms with Gasteiger partial charge in [0.2, 0.25) is 5.91 Å². The van der Waals surface area contributed by atoms with E-state index in [2.05, 4.69) is 21.2 Å². The van der Waals surface area contributed by atoms with Crippen LogP contribution in [0.5, 0.6) is 0 Å². The first-order chi connectivity index (χ1) is 9.99. The van der Waals surface area contributed by atoms with E-state index in [1.54, 1.807) is 0 Å². The lowest BCUT2D eigenvalue weighted by Gasteiger charge is -2.26. The lowest BCUT2D eigenvalue weighted by Crippen LogP contribution is -2.31. The molecule has 2 N–H and O–H groups in total. The van der Waals surface area contributed by atoms with Crippen LogP contribution in [0, 0.1) is 5.41 Å². The van der Waals surface area contributed by atoms with Crippen LogP contribution in [0.4, 0.5) is 0 Å². The summed E-state index contributed by atoms with van der Waals surface area (Å²) in [5.74, 6) is -0.866. The Kier molecular flexibility index (Phi) is 5.39. The number of benzene rings is 1. The molecule has 0 radical (unpaired) electrons. The molecule has 1 aromatic carbocycles. The van der Waals surface area contributed by atoms with Crippen molar-refractivity contribution in [3.05, 3.63) is 34.3 Å². The average Bonchev–Trinajstić information content (AvgIpc) is 2.83. The molecule has 0 heterocycles. The van der Waals surface area contributed by atoms with Gasteiger partial charge >= 0.3 is 5.97 Å². The van der Waals surface area contributed by atoms with E-state index in [0.29, 0.717) is 13.0 Å². The van der Waals surface area contributed by atoms with E-state index >= 15 is 0 Å². The van der Waals surface area contributed by atoms with Gasteiger partial charge in [-0.25, -0.2) is 0 Å². The van der Waals surface area contributed by atoms with Crippen molar-refractivity contribution in [3.8, 4) is 0 Å². The summed E-state index contributed by atoms with van der Waals surface area (Å²) in [6, 6.07) is 7.77. The molecule has 2 rings (SSSR count). The smallest absolute Gasteiger partial charge is 0.303 e. The summed E-state index contributed by atoms with van der Waals surface area (Å²) in [5.41, 5.74) is 0.684. The number of carbonyl (C=O) groups is 2. The van der Waals surface area contributed by atoms with Crippen molar-refractivity contribution in [2.75, 3.05) is 0 Å². The highest BCUT2D eigenvalue weighted by Crippen LogP contribution is 2.44. The van der Waals surface area contributed by atoms with Crippen LogP contribution in [0.1, 0.15) is 44.1 Å². The van der Waals surface area contributed by atoms with Gasteiger partial charge in [-0.05, 0) is 36.0 Å². The molecule has 1 aliphatic carbocycles. The Labute approximate surface area is 133 Å². The normalized spacial score (nSPS) is 16.6. The monoisotopic (exact) mass is 353 g/mol. The van der Waals surface area contributed by atoms with Gasteiger partial charge in [0, 0.05) is 17.4 Å². The fourth-order valence-corrected chi connectivity index (χ4v) is 3.56. The van der Waals surface area contributed by atoms with Crippen molar-refractivity contribution in [2.45, 2.75) is 45.1 Å². The first kappa shape index (κ1) is 16.0. The van der Waals surface area contributed by atoms with Crippen LogP contribution >= 0.6 is 15.9 Å². The highest BCUT2D eigenvalue weighted by atomic mass is 79.9. The van der Waals surface area contributed by atoms with Crippen LogP contribution in [0.2, 0.25) is 0 Å². The third-order valence-corrected chi connectivity index (χ3v) is 4.60. The van der Waals surface area contributed by atoms with Gasteiger partial charge in [0.15, 0.2) is 0 Å². The van der Waals surface area contributed by atoms with Gasteiger partial charge in [-0.2, -0.15) is 0 Å². The summed E-state index contributed by atoms with van der Waals surface area (Å²) in [6.45, 7) is 0.474. The zero-order chi connectivity index (χ0) is 15.3. The molecular formula is C16H20BrNO3. The Bertz CT molecular complexity index is 524. The summed E-state index contributed by atoms with van der Waals surface area (Å²) in [7, 11) is 0. The molecule has 1 fully saturated rings. The van der Waals surface area contributed by atoms with Gasteiger partial charge in [0.25, 0.3) is 0 Å². The Morgan fingerprint density at radius 3 is 2.57 bits per heavy atom. The molecule has 0 aromatic heterocycles. The Hall–Kier alpha value is -1.36. The van der Waals surface area contributed by atoms with Crippen molar-refractivity contribution in [2.24, 2.45) is 5.41 Å². The van der Waals surface area contributed by atoms with Crippen LogP contribution in [0.3, 0.4) is 0 Å². The van der Waals surface area contributed by atoms with E-state index in [-0.39, 0.29) is 17.7 Å². The van der Waals surface area contributed by atoms with Crippen molar-refractivity contribution in [1.29, 1.82) is 0 Å². The second-order valence-electron chi connectivity index (χ2n) is 5.86. The fraction of sp³-hybridized carbons (Fsp3) is 0.500.